The molecule has 0 unspecified atom stereocenters. The van der Waals surface area contributed by atoms with Gasteiger partial charge in [-0.2, -0.15) is 8.42 Å². The summed E-state index contributed by atoms with van der Waals surface area (Å²) in [4.78, 5) is 3.97. The summed E-state index contributed by atoms with van der Waals surface area (Å²) < 4.78 is 33.1. The Bertz CT molecular complexity index is 1000. The molecule has 0 fully saturated rings. The lowest BCUT2D eigenvalue weighted by Gasteiger charge is -2.11. The van der Waals surface area contributed by atoms with Crippen molar-refractivity contribution in [3.63, 3.8) is 0 Å². The Kier molecular flexibility index (Phi) is 5.20. The van der Waals surface area contributed by atoms with Crippen molar-refractivity contribution in [2.45, 2.75) is 44.6 Å². The molecule has 0 N–H and O–H groups in total. The van der Waals surface area contributed by atoms with E-state index >= 15 is 0 Å². The number of thiazole rings is 1. The minimum Gasteiger partial charge on any atom is -0.487 e. The molecule has 0 aliphatic rings. The Hall–Kier alpha value is -2.12. The van der Waals surface area contributed by atoms with Crippen LogP contribution >= 0.6 is 11.3 Å². The van der Waals surface area contributed by atoms with Gasteiger partial charge in [-0.15, -0.1) is 11.3 Å². The van der Waals surface area contributed by atoms with Crippen LogP contribution in [0.2, 0.25) is 0 Å². The molecule has 3 aromatic rings. The average molecular weight is 391 g/mol. The zero-order chi connectivity index (χ0) is 18.9. The quantitative estimate of drug-likeness (QED) is 0.622. The largest absolute Gasteiger partial charge is 0.487 e. The highest BCUT2D eigenvalue weighted by atomic mass is 32.2. The van der Waals surface area contributed by atoms with Crippen molar-refractivity contribution in [1.29, 1.82) is 0 Å². The van der Waals surface area contributed by atoms with Crippen molar-refractivity contribution < 1.29 is 13.2 Å². The maximum Gasteiger partial charge on any atom is 0.295 e. The van der Waals surface area contributed by atoms with Crippen LogP contribution in [-0.4, -0.2) is 17.4 Å². The summed E-state index contributed by atoms with van der Waals surface area (Å²) in [5, 5.41) is 1.66. The van der Waals surface area contributed by atoms with Gasteiger partial charge >= 0.3 is 0 Å². The first-order valence-electron chi connectivity index (χ1n) is 8.35. The molecule has 7 heteroatoms. The van der Waals surface area contributed by atoms with Gasteiger partial charge in [-0.1, -0.05) is 19.9 Å². The summed E-state index contributed by atoms with van der Waals surface area (Å²) in [6, 6.07) is 7.74. The Labute approximate surface area is 158 Å². The van der Waals surface area contributed by atoms with Gasteiger partial charge in [0.25, 0.3) is 10.0 Å². The number of ether oxygens (including phenoxy) is 1. The van der Waals surface area contributed by atoms with Crippen molar-refractivity contribution >= 4 is 21.4 Å². The lowest BCUT2D eigenvalue weighted by molar-refractivity contribution is 0.300. The molecule has 3 rings (SSSR count). The van der Waals surface area contributed by atoms with Gasteiger partial charge < -0.3 is 4.74 Å². The number of rotatable bonds is 6. The number of hydrogen-bond donors (Lipinski definition) is 0. The second kappa shape index (κ2) is 7.25. The predicted molar refractivity (Wildman–Crippen MR) is 103 cm³/mol. The Morgan fingerprint density at radius 1 is 1.19 bits per heavy atom. The average Bonchev–Trinajstić information content (AvgIpc) is 3.26. The number of aromatic nitrogens is 2. The van der Waals surface area contributed by atoms with E-state index in [9.17, 15) is 8.42 Å². The third-order valence-corrected chi connectivity index (χ3v) is 7.19. The van der Waals surface area contributed by atoms with Gasteiger partial charge in [0.05, 0.1) is 5.69 Å². The van der Waals surface area contributed by atoms with Gasteiger partial charge in [0.2, 0.25) is 4.34 Å². The summed E-state index contributed by atoms with van der Waals surface area (Å²) in [6.45, 7) is 8.29. The normalized spacial score (nSPS) is 11.9. The van der Waals surface area contributed by atoms with Crippen LogP contribution in [0.5, 0.6) is 5.75 Å². The van der Waals surface area contributed by atoms with E-state index in [0.29, 0.717) is 5.69 Å². The minimum atomic E-state index is -3.71. The van der Waals surface area contributed by atoms with E-state index in [2.05, 4.69) is 4.98 Å². The molecule has 0 aliphatic heterocycles. The maximum absolute atomic E-state index is 12.9. The first-order valence-corrected chi connectivity index (χ1v) is 10.7. The van der Waals surface area contributed by atoms with Gasteiger partial charge in [0.1, 0.15) is 12.4 Å². The zero-order valence-electron chi connectivity index (χ0n) is 15.3. The summed E-state index contributed by atoms with van der Waals surface area (Å²) in [6.07, 6.45) is 3.16. The molecule has 0 radical (unpaired) electrons. The second-order valence-corrected chi connectivity index (χ2v) is 9.44. The SMILES string of the molecule is Cc1ccc(OCc2cc(C(C)C)cn2S(=O)(=O)c2nccs2)cc1C. The molecule has 0 aliphatic carbocycles. The lowest BCUT2D eigenvalue weighted by Crippen LogP contribution is -2.16. The Morgan fingerprint density at radius 3 is 2.58 bits per heavy atom. The van der Waals surface area contributed by atoms with Gasteiger partial charge in [-0.3, -0.25) is 0 Å². The van der Waals surface area contributed by atoms with Crippen LogP contribution in [0.4, 0.5) is 0 Å². The third kappa shape index (κ3) is 3.68. The van der Waals surface area contributed by atoms with Crippen molar-refractivity contribution in [3.8, 4) is 5.75 Å². The van der Waals surface area contributed by atoms with E-state index in [-0.39, 0.29) is 16.9 Å². The second-order valence-electron chi connectivity index (χ2n) is 6.55. The van der Waals surface area contributed by atoms with Crippen LogP contribution in [0.1, 0.15) is 42.1 Å². The number of nitrogens with zero attached hydrogens (tertiary/aromatic N) is 2. The molecule has 1 aromatic carbocycles. The summed E-state index contributed by atoms with van der Waals surface area (Å²) in [7, 11) is -3.71. The number of hydrogen-bond acceptors (Lipinski definition) is 5. The highest BCUT2D eigenvalue weighted by molar-refractivity contribution is 7.91. The lowest BCUT2D eigenvalue weighted by atomic mass is 10.1. The highest BCUT2D eigenvalue weighted by Gasteiger charge is 2.24. The predicted octanol–water partition coefficient (Wildman–Crippen LogP) is 4.50. The van der Waals surface area contributed by atoms with Crippen molar-refractivity contribution in [3.05, 3.63) is 64.4 Å². The van der Waals surface area contributed by atoms with Crippen molar-refractivity contribution in [2.24, 2.45) is 0 Å². The standard InChI is InChI=1S/C19H22N2O3S2/c1-13(2)16-10-17(12-24-18-6-5-14(3)15(4)9-18)21(11-16)26(22,23)19-20-7-8-25-19/h5-11,13H,12H2,1-4H3. The zero-order valence-corrected chi connectivity index (χ0v) is 16.9. The van der Waals surface area contributed by atoms with Gasteiger partial charge in [0, 0.05) is 17.8 Å². The number of aryl methyl sites for hydroxylation is 2. The topological polar surface area (TPSA) is 61.2 Å². The Morgan fingerprint density at radius 2 is 1.96 bits per heavy atom. The molecule has 0 saturated heterocycles. The summed E-state index contributed by atoms with van der Waals surface area (Å²) in [5.41, 5.74) is 3.86. The van der Waals surface area contributed by atoms with Gasteiger partial charge in [0.15, 0.2) is 0 Å². The molecule has 5 nitrogen and oxygen atoms in total. The highest BCUT2D eigenvalue weighted by Crippen LogP contribution is 2.25. The van der Waals surface area contributed by atoms with Crippen LogP contribution in [0.25, 0.3) is 0 Å². The first kappa shape index (κ1) is 18.7. The molecule has 0 spiro atoms. The monoisotopic (exact) mass is 390 g/mol. The molecule has 0 saturated carbocycles. The van der Waals surface area contributed by atoms with Crippen LogP contribution in [0.15, 0.2) is 46.4 Å². The molecule has 2 aromatic heterocycles. The van der Waals surface area contributed by atoms with Crippen LogP contribution in [0.3, 0.4) is 0 Å². The van der Waals surface area contributed by atoms with Gasteiger partial charge in [-0.05, 0) is 54.7 Å². The Balaban J connectivity index is 1.94. The van der Waals surface area contributed by atoms with E-state index in [0.717, 1.165) is 28.2 Å². The van der Waals surface area contributed by atoms with E-state index in [1.165, 1.54) is 15.7 Å². The molecular weight excluding hydrogens is 368 g/mol. The van der Waals surface area contributed by atoms with E-state index in [1.54, 1.807) is 11.6 Å². The summed E-state index contributed by atoms with van der Waals surface area (Å²) >= 11 is 1.11. The fourth-order valence-corrected chi connectivity index (χ4v) is 4.83. The smallest absolute Gasteiger partial charge is 0.295 e. The van der Waals surface area contributed by atoms with Crippen LogP contribution in [0, 0.1) is 13.8 Å². The van der Waals surface area contributed by atoms with Crippen molar-refractivity contribution in [1.82, 2.24) is 8.96 Å². The molecule has 0 amide bonds. The molecule has 26 heavy (non-hydrogen) atoms. The molecule has 0 atom stereocenters. The molecule has 138 valence electrons. The maximum atomic E-state index is 12.9. The van der Waals surface area contributed by atoms with E-state index in [4.69, 9.17) is 4.74 Å². The molecular formula is C19H22N2O3S2. The van der Waals surface area contributed by atoms with Crippen molar-refractivity contribution in [2.75, 3.05) is 0 Å². The van der Waals surface area contributed by atoms with E-state index in [1.807, 2.05) is 52.0 Å². The summed E-state index contributed by atoms with van der Waals surface area (Å²) in [5.74, 6) is 0.932. The van der Waals surface area contributed by atoms with E-state index < -0.39 is 10.0 Å². The molecule has 2 heterocycles. The first-order chi connectivity index (χ1) is 12.3. The van der Waals surface area contributed by atoms with Crippen LogP contribution in [-0.2, 0) is 16.6 Å². The molecule has 0 bridgehead atoms. The van der Waals surface area contributed by atoms with Crippen LogP contribution < -0.4 is 4.74 Å². The minimum absolute atomic E-state index is 0.0795. The fourth-order valence-electron chi connectivity index (χ4n) is 2.54. The van der Waals surface area contributed by atoms with Gasteiger partial charge in [-0.25, -0.2) is 8.96 Å². The fraction of sp³-hybridized carbons (Fsp3) is 0.316. The third-order valence-electron chi connectivity index (χ3n) is 4.30. The number of benzene rings is 1.